The van der Waals surface area contributed by atoms with Crippen LogP contribution in [-0.2, 0) is 22.6 Å². The molecule has 6 aromatic rings. The second-order valence-corrected chi connectivity index (χ2v) is 20.5. The summed E-state index contributed by atoms with van der Waals surface area (Å²) in [7, 11) is 5.03. The number of nitrogens with one attached hydrogen (secondary N) is 4. The number of carboxylic acids is 1. The number of benzene rings is 5. The summed E-state index contributed by atoms with van der Waals surface area (Å²) < 4.78 is 63.1. The first-order valence-corrected chi connectivity index (χ1v) is 26.7. The standard InChI is InChI=1S/C59H67ClF4N8O5/c1-69-30-26-49(47(61)36-69)68-48-17-12-18-52-46(48)35-45(72(52)38-59(62,63)64)16-13-29-65-50-24-22-43(33-53(50)77-3)57(74)67-28-11-7-5-4-6-10-27-66-51-34-44(60)23-21-40(51)25-31-71-54(73)37-70(2)56(58(75)76)55(71)42-20-19-39-14-8-9-15-41(39)32-42/h8-9,12,14-15,17-24,32-35,47,49,55-56,65-66,68H,4-7,10-11,25-31,36-38H2,1-3H3,(H,67,74)(H,75,76)/t47-,49+,55+,56-/m0/s1. The van der Waals surface area contributed by atoms with Crippen LogP contribution in [0.3, 0.4) is 0 Å². The SMILES string of the molecule is COc1cc(C(=O)NCCCCCCCCNc2cc(Cl)ccc2CCN2C(=O)CN(C)[C@H](C(=O)O)[C@H]2c2ccc3ccccc3c2)ccc1NCC#Cc1cc2c(N[C@@H]3CCN(C)C[C@@H]3F)cccc2n1CC(F)(F)F. The number of likely N-dealkylation sites (tertiary alicyclic amines) is 1. The molecule has 1 aromatic heterocycles. The first-order chi connectivity index (χ1) is 37.1. The number of halogens is 5. The van der Waals surface area contributed by atoms with Crippen LogP contribution in [0.25, 0.3) is 21.7 Å². The van der Waals surface area contributed by atoms with Crippen LogP contribution >= 0.6 is 11.6 Å². The Labute approximate surface area is 452 Å². The zero-order chi connectivity index (χ0) is 54.6. The van der Waals surface area contributed by atoms with Crippen molar-refractivity contribution >= 4 is 68.1 Å². The number of aliphatic carboxylic acids is 1. The van der Waals surface area contributed by atoms with Gasteiger partial charge in [0, 0.05) is 60.1 Å². The Morgan fingerprint density at radius 3 is 2.36 bits per heavy atom. The van der Waals surface area contributed by atoms with E-state index in [2.05, 4.69) is 33.1 Å². The van der Waals surface area contributed by atoms with E-state index in [9.17, 15) is 37.1 Å². The quantitative estimate of drug-likeness (QED) is 0.0253. The van der Waals surface area contributed by atoms with Crippen LogP contribution in [0.1, 0.15) is 78.2 Å². The van der Waals surface area contributed by atoms with Crippen molar-refractivity contribution in [2.45, 2.75) is 88.4 Å². The molecule has 2 saturated heterocycles. The van der Waals surface area contributed by atoms with E-state index in [-0.39, 0.29) is 37.1 Å². The molecular formula is C59H67ClF4N8O5. The summed E-state index contributed by atoms with van der Waals surface area (Å²) in [6.45, 7) is 1.41. The molecule has 0 bridgehead atoms. The molecule has 0 aliphatic carbocycles. The average Bonchev–Trinajstić information content (AvgIpc) is 3.76. The van der Waals surface area contributed by atoms with E-state index >= 15 is 0 Å². The molecule has 2 aliphatic rings. The van der Waals surface area contributed by atoms with Crippen molar-refractivity contribution in [3.05, 3.63) is 131 Å². The maximum Gasteiger partial charge on any atom is 0.406 e. The number of piperazine rings is 1. The minimum absolute atomic E-state index is 0.0113. The molecule has 3 heterocycles. The van der Waals surface area contributed by atoms with E-state index in [1.54, 1.807) is 59.3 Å². The van der Waals surface area contributed by atoms with E-state index < -0.39 is 43.0 Å². The predicted molar refractivity (Wildman–Crippen MR) is 297 cm³/mol. The second-order valence-electron chi connectivity index (χ2n) is 20.0. The van der Waals surface area contributed by atoms with Crippen molar-refractivity contribution in [3.8, 4) is 17.6 Å². The number of hydrogen-bond acceptors (Lipinski definition) is 9. The van der Waals surface area contributed by atoms with Gasteiger partial charge in [-0.25, -0.2) is 4.39 Å². The highest BCUT2D eigenvalue weighted by Crippen LogP contribution is 2.36. The van der Waals surface area contributed by atoms with Gasteiger partial charge in [-0.3, -0.25) is 19.3 Å². The van der Waals surface area contributed by atoms with E-state index in [1.165, 1.54) is 7.11 Å². The number of methoxy groups -OCH3 is 1. The number of carboxylic acid groups (broad SMARTS) is 1. The zero-order valence-electron chi connectivity index (χ0n) is 43.7. The number of piperidine rings is 1. The maximum absolute atomic E-state index is 14.9. The highest BCUT2D eigenvalue weighted by Gasteiger charge is 2.44. The molecule has 408 valence electrons. The highest BCUT2D eigenvalue weighted by molar-refractivity contribution is 6.30. The van der Waals surface area contributed by atoms with Gasteiger partial charge in [-0.05, 0) is 122 Å². The lowest BCUT2D eigenvalue weighted by atomic mass is 9.91. The molecule has 0 unspecified atom stereocenters. The summed E-state index contributed by atoms with van der Waals surface area (Å²) in [5.74, 6) is 4.90. The molecule has 4 atom stereocenters. The van der Waals surface area contributed by atoms with Crippen LogP contribution in [0.2, 0.25) is 5.02 Å². The van der Waals surface area contributed by atoms with Crippen LogP contribution in [-0.4, -0.2) is 134 Å². The van der Waals surface area contributed by atoms with Gasteiger partial charge in [0.25, 0.3) is 5.91 Å². The third-order valence-corrected chi connectivity index (χ3v) is 14.7. The zero-order valence-corrected chi connectivity index (χ0v) is 44.5. The summed E-state index contributed by atoms with van der Waals surface area (Å²) >= 11 is 6.45. The van der Waals surface area contributed by atoms with Crippen molar-refractivity contribution in [3.63, 3.8) is 0 Å². The smallest absolute Gasteiger partial charge is 0.406 e. The van der Waals surface area contributed by atoms with Gasteiger partial charge in [0.1, 0.15) is 24.5 Å². The number of fused-ring (bicyclic) bond motifs is 2. The van der Waals surface area contributed by atoms with E-state index in [0.29, 0.717) is 71.1 Å². The van der Waals surface area contributed by atoms with Crippen molar-refractivity contribution < 1.29 is 41.8 Å². The van der Waals surface area contributed by atoms with Crippen LogP contribution in [0, 0.1) is 11.8 Å². The third-order valence-electron chi connectivity index (χ3n) is 14.5. The molecule has 2 aliphatic heterocycles. The number of anilines is 3. The first kappa shape index (κ1) is 56.2. The lowest BCUT2D eigenvalue weighted by molar-refractivity contribution is -0.156. The molecule has 0 saturated carbocycles. The Bertz CT molecular complexity index is 3100. The maximum atomic E-state index is 14.9. The summed E-state index contributed by atoms with van der Waals surface area (Å²) in [6, 6.07) is 29.1. The monoisotopic (exact) mass is 1080 g/mol. The van der Waals surface area contributed by atoms with Gasteiger partial charge in [0.05, 0.1) is 49.2 Å². The lowest BCUT2D eigenvalue weighted by Crippen LogP contribution is -2.59. The average molecular weight is 1080 g/mol. The third kappa shape index (κ3) is 14.5. The number of likely N-dealkylation sites (N-methyl/N-ethyl adjacent to an activating group) is 1. The lowest BCUT2D eigenvalue weighted by Gasteiger charge is -2.44. The van der Waals surface area contributed by atoms with E-state index in [4.69, 9.17) is 16.3 Å². The largest absolute Gasteiger partial charge is 0.495 e. The van der Waals surface area contributed by atoms with Gasteiger partial charge in [0.15, 0.2) is 0 Å². The minimum atomic E-state index is -4.50. The molecular weight excluding hydrogens is 1010 g/mol. The number of unbranched alkanes of at least 4 members (excludes halogenated alkanes) is 5. The molecule has 0 spiro atoms. The fourth-order valence-corrected chi connectivity index (χ4v) is 10.7. The molecule has 5 N–H and O–H groups in total. The van der Waals surface area contributed by atoms with E-state index in [0.717, 1.165) is 77.2 Å². The van der Waals surface area contributed by atoms with Gasteiger partial charge in [-0.15, -0.1) is 0 Å². The van der Waals surface area contributed by atoms with Crippen molar-refractivity contribution in [1.29, 1.82) is 0 Å². The Morgan fingerprint density at radius 1 is 0.844 bits per heavy atom. The second kappa shape index (κ2) is 25.9. The molecule has 2 fully saturated rings. The summed E-state index contributed by atoms with van der Waals surface area (Å²) in [5, 5.41) is 26.4. The molecule has 13 nitrogen and oxygen atoms in total. The predicted octanol–water partition coefficient (Wildman–Crippen LogP) is 10.6. The Morgan fingerprint density at radius 2 is 1.61 bits per heavy atom. The number of aromatic nitrogens is 1. The fraction of sp³-hybridized carbons (Fsp3) is 0.407. The Balaban J connectivity index is 0.765. The summed E-state index contributed by atoms with van der Waals surface area (Å²) in [6.07, 6.45) is 1.17. The highest BCUT2D eigenvalue weighted by atomic mass is 35.5. The van der Waals surface area contributed by atoms with Crippen molar-refractivity contribution in [2.75, 3.05) is 83.0 Å². The van der Waals surface area contributed by atoms with Gasteiger partial charge < -0.3 is 45.5 Å². The van der Waals surface area contributed by atoms with Crippen molar-refractivity contribution in [2.24, 2.45) is 0 Å². The number of carbonyl (C=O) groups is 3. The van der Waals surface area contributed by atoms with Gasteiger partial charge in [-0.2, -0.15) is 13.2 Å². The number of hydrogen-bond donors (Lipinski definition) is 5. The topological polar surface area (TPSA) is 143 Å². The molecule has 8 rings (SSSR count). The van der Waals surface area contributed by atoms with Gasteiger partial charge in [0.2, 0.25) is 5.91 Å². The van der Waals surface area contributed by atoms with Crippen LogP contribution in [0.15, 0.2) is 103 Å². The number of alkyl halides is 4. The van der Waals surface area contributed by atoms with Crippen LogP contribution in [0.5, 0.6) is 5.75 Å². The number of rotatable bonds is 22. The number of ether oxygens (including phenoxy) is 1. The minimum Gasteiger partial charge on any atom is -0.495 e. The Hall–Kier alpha value is -7.00. The molecule has 2 amide bonds. The first-order valence-electron chi connectivity index (χ1n) is 26.3. The number of nitrogens with zero attached hydrogens (tertiary/aromatic N) is 4. The van der Waals surface area contributed by atoms with Crippen molar-refractivity contribution in [1.82, 2.24) is 24.6 Å². The van der Waals surface area contributed by atoms with Crippen LogP contribution < -0.4 is 26.0 Å². The molecule has 5 aromatic carbocycles. The van der Waals surface area contributed by atoms with Crippen LogP contribution in [0.4, 0.5) is 34.6 Å². The molecule has 0 radical (unpaired) electrons. The van der Waals surface area contributed by atoms with E-state index in [1.807, 2.05) is 72.6 Å². The van der Waals surface area contributed by atoms with Gasteiger partial charge in [-0.1, -0.05) is 91.7 Å². The summed E-state index contributed by atoms with van der Waals surface area (Å²) in [5.41, 5.74) is 4.71. The Kier molecular flexibility index (Phi) is 18.9. The molecule has 77 heavy (non-hydrogen) atoms. The summed E-state index contributed by atoms with van der Waals surface area (Å²) in [4.78, 5) is 44.6. The number of amides is 2. The normalized spacial score (nSPS) is 18.2. The molecule has 18 heteroatoms. The fourth-order valence-electron chi connectivity index (χ4n) is 10.5. The number of carbonyl (C=O) groups excluding carboxylic acids is 2. The van der Waals surface area contributed by atoms with Gasteiger partial charge >= 0.3 is 12.1 Å².